The van der Waals surface area contributed by atoms with E-state index in [-0.39, 0.29) is 24.0 Å². The summed E-state index contributed by atoms with van der Waals surface area (Å²) >= 11 is 0. The van der Waals surface area contributed by atoms with Crippen molar-refractivity contribution in [2.45, 2.75) is 20.1 Å². The van der Waals surface area contributed by atoms with Gasteiger partial charge in [0.2, 0.25) is 0 Å². The van der Waals surface area contributed by atoms with Gasteiger partial charge in [0.25, 0.3) is 5.91 Å². The van der Waals surface area contributed by atoms with E-state index < -0.39 is 4.92 Å². The van der Waals surface area contributed by atoms with Crippen molar-refractivity contribution in [1.29, 1.82) is 0 Å². The number of benzene rings is 2. The highest BCUT2D eigenvalue weighted by molar-refractivity contribution is 5.94. The lowest BCUT2D eigenvalue weighted by Crippen LogP contribution is -2.24. The maximum Gasteiger partial charge on any atom is 0.311 e. The minimum Gasteiger partial charge on any atom is -0.482 e. The van der Waals surface area contributed by atoms with Crippen LogP contribution < -0.4 is 10.1 Å². The Labute approximate surface area is 161 Å². The lowest BCUT2D eigenvalue weighted by Gasteiger charge is -2.09. The summed E-state index contributed by atoms with van der Waals surface area (Å²) in [7, 11) is 1.81. The van der Waals surface area contributed by atoms with Gasteiger partial charge in [-0.15, -0.1) is 0 Å². The third kappa shape index (κ3) is 4.53. The van der Waals surface area contributed by atoms with Crippen molar-refractivity contribution in [3.8, 4) is 5.75 Å². The zero-order chi connectivity index (χ0) is 20.1. The van der Waals surface area contributed by atoms with E-state index in [9.17, 15) is 14.9 Å². The number of aryl methyl sites for hydroxylation is 2. The summed E-state index contributed by atoms with van der Waals surface area (Å²) in [4.78, 5) is 23.1. The van der Waals surface area contributed by atoms with E-state index in [1.54, 1.807) is 54.2 Å². The Balaban J connectivity index is 1.66. The van der Waals surface area contributed by atoms with Crippen molar-refractivity contribution < 1.29 is 14.5 Å². The molecular weight excluding hydrogens is 360 g/mol. The molecule has 1 amide bonds. The molecule has 0 aliphatic carbocycles. The summed E-state index contributed by atoms with van der Waals surface area (Å²) in [6.07, 6.45) is 1.67. The van der Waals surface area contributed by atoms with Crippen LogP contribution in [0.25, 0.3) is 0 Å². The average molecular weight is 380 g/mol. The number of nitro groups is 1. The van der Waals surface area contributed by atoms with Crippen LogP contribution in [0.4, 0.5) is 5.69 Å². The second kappa shape index (κ2) is 8.34. The van der Waals surface area contributed by atoms with Crippen LogP contribution >= 0.6 is 0 Å². The smallest absolute Gasteiger partial charge is 0.311 e. The summed E-state index contributed by atoms with van der Waals surface area (Å²) in [5, 5.41) is 18.1. The number of carbonyl (C=O) groups excluding carboxylic acids is 1. The molecule has 0 aliphatic rings. The van der Waals surface area contributed by atoms with Crippen LogP contribution in [0.2, 0.25) is 0 Å². The molecule has 0 spiro atoms. The number of aromatic nitrogens is 2. The molecule has 1 N–H and O–H groups in total. The van der Waals surface area contributed by atoms with Gasteiger partial charge in [-0.1, -0.05) is 18.2 Å². The molecule has 0 fully saturated rings. The molecule has 0 unspecified atom stereocenters. The third-order valence-corrected chi connectivity index (χ3v) is 4.25. The van der Waals surface area contributed by atoms with E-state index in [1.807, 2.05) is 13.1 Å². The lowest BCUT2D eigenvalue weighted by molar-refractivity contribution is -0.386. The van der Waals surface area contributed by atoms with Crippen LogP contribution in [-0.4, -0.2) is 20.6 Å². The van der Waals surface area contributed by atoms with Crippen LogP contribution in [0.5, 0.6) is 5.75 Å². The molecule has 0 aliphatic heterocycles. The van der Waals surface area contributed by atoms with Gasteiger partial charge in [-0.3, -0.25) is 19.6 Å². The lowest BCUT2D eigenvalue weighted by atomic mass is 10.1. The van der Waals surface area contributed by atoms with Crippen LogP contribution in [0, 0.1) is 17.0 Å². The highest BCUT2D eigenvalue weighted by Gasteiger charge is 2.15. The van der Waals surface area contributed by atoms with E-state index >= 15 is 0 Å². The summed E-state index contributed by atoms with van der Waals surface area (Å²) in [5.41, 5.74) is 2.82. The fourth-order valence-electron chi connectivity index (χ4n) is 2.70. The van der Waals surface area contributed by atoms with Gasteiger partial charge in [-0.2, -0.15) is 5.10 Å². The van der Waals surface area contributed by atoms with Crippen molar-refractivity contribution in [3.05, 3.63) is 87.2 Å². The predicted octanol–water partition coefficient (Wildman–Crippen LogP) is 3.15. The Bertz CT molecular complexity index is 1010. The molecule has 1 aromatic heterocycles. The average Bonchev–Trinajstić information content (AvgIpc) is 3.10. The summed E-state index contributed by atoms with van der Waals surface area (Å²) in [5.74, 6) is -0.0222. The van der Waals surface area contributed by atoms with Gasteiger partial charge in [-0.25, -0.2) is 0 Å². The molecule has 28 heavy (non-hydrogen) atoms. The molecule has 144 valence electrons. The van der Waals surface area contributed by atoms with Crippen molar-refractivity contribution in [3.63, 3.8) is 0 Å². The Morgan fingerprint density at radius 3 is 2.79 bits per heavy atom. The molecule has 0 atom stereocenters. The number of amides is 1. The number of carbonyl (C=O) groups is 1. The largest absolute Gasteiger partial charge is 0.482 e. The van der Waals surface area contributed by atoms with E-state index in [1.165, 1.54) is 6.07 Å². The van der Waals surface area contributed by atoms with E-state index in [2.05, 4.69) is 10.4 Å². The molecule has 1 heterocycles. The fourth-order valence-corrected chi connectivity index (χ4v) is 2.70. The highest BCUT2D eigenvalue weighted by Crippen LogP contribution is 2.28. The molecule has 2 aromatic carbocycles. The number of nitrogens with zero attached hydrogens (tertiary/aromatic N) is 3. The monoisotopic (exact) mass is 380 g/mol. The zero-order valence-electron chi connectivity index (χ0n) is 15.6. The minimum atomic E-state index is -0.468. The summed E-state index contributed by atoms with van der Waals surface area (Å²) in [6.45, 7) is 2.27. The molecule has 8 heteroatoms. The second-order valence-electron chi connectivity index (χ2n) is 6.35. The molecular formula is C20H20N4O4. The fraction of sp³-hybridized carbons (Fsp3) is 0.200. The summed E-state index contributed by atoms with van der Waals surface area (Å²) < 4.78 is 7.32. The Kier molecular flexibility index (Phi) is 5.69. The van der Waals surface area contributed by atoms with Gasteiger partial charge in [0.15, 0.2) is 5.75 Å². The Morgan fingerprint density at radius 2 is 2.07 bits per heavy atom. The van der Waals surface area contributed by atoms with Crippen molar-refractivity contribution in [1.82, 2.24) is 15.1 Å². The molecule has 0 saturated carbocycles. The predicted molar refractivity (Wildman–Crippen MR) is 103 cm³/mol. The first-order chi connectivity index (χ1) is 13.4. The van der Waals surface area contributed by atoms with E-state index in [0.717, 1.165) is 16.8 Å². The Hall–Kier alpha value is -3.68. The standard InChI is InChI=1S/C20H20N4O4/c1-14-6-7-19(18(10-14)24(26)27)28-13-15-4-3-5-16(11-15)20(25)21-12-17-8-9-22-23(17)2/h3-11H,12-13H2,1-2H3,(H,21,25). The number of ether oxygens (including phenoxy) is 1. The van der Waals surface area contributed by atoms with Crippen molar-refractivity contribution in [2.24, 2.45) is 7.05 Å². The SMILES string of the molecule is Cc1ccc(OCc2cccc(C(=O)NCc3ccnn3C)c2)c([N+](=O)[O-])c1. The first kappa shape index (κ1) is 19.1. The van der Waals surface area contributed by atoms with Crippen molar-refractivity contribution in [2.75, 3.05) is 0 Å². The number of hydrogen-bond donors (Lipinski definition) is 1. The van der Waals surface area contributed by atoms with E-state index in [0.29, 0.717) is 12.1 Å². The topological polar surface area (TPSA) is 99.3 Å². The van der Waals surface area contributed by atoms with Crippen LogP contribution in [0.3, 0.4) is 0 Å². The quantitative estimate of drug-likeness (QED) is 0.501. The third-order valence-electron chi connectivity index (χ3n) is 4.25. The van der Waals surface area contributed by atoms with Crippen LogP contribution in [-0.2, 0) is 20.2 Å². The van der Waals surface area contributed by atoms with Gasteiger partial charge in [-0.05, 0) is 42.3 Å². The van der Waals surface area contributed by atoms with Crippen molar-refractivity contribution >= 4 is 11.6 Å². The van der Waals surface area contributed by atoms with Crippen LogP contribution in [0.15, 0.2) is 54.7 Å². The van der Waals surface area contributed by atoms with Gasteiger partial charge in [0, 0.05) is 24.9 Å². The van der Waals surface area contributed by atoms with E-state index in [4.69, 9.17) is 4.74 Å². The molecule has 3 rings (SSSR count). The Morgan fingerprint density at radius 1 is 1.25 bits per heavy atom. The molecule has 8 nitrogen and oxygen atoms in total. The highest BCUT2D eigenvalue weighted by atomic mass is 16.6. The molecule has 0 bridgehead atoms. The van der Waals surface area contributed by atoms with Gasteiger partial charge in [0.05, 0.1) is 17.2 Å². The normalized spacial score (nSPS) is 10.5. The van der Waals surface area contributed by atoms with Gasteiger partial charge in [0.1, 0.15) is 6.61 Å². The maximum absolute atomic E-state index is 12.4. The number of rotatable bonds is 7. The number of nitrogens with one attached hydrogen (secondary N) is 1. The first-order valence-electron chi connectivity index (χ1n) is 8.66. The number of nitro benzene ring substituents is 1. The molecule has 3 aromatic rings. The molecule has 0 radical (unpaired) electrons. The van der Waals surface area contributed by atoms with Crippen LogP contribution in [0.1, 0.15) is 27.2 Å². The summed E-state index contributed by atoms with van der Waals surface area (Å²) in [6, 6.07) is 13.6. The maximum atomic E-state index is 12.4. The van der Waals surface area contributed by atoms with Gasteiger partial charge >= 0.3 is 5.69 Å². The minimum absolute atomic E-state index is 0.0786. The second-order valence-corrected chi connectivity index (χ2v) is 6.35. The zero-order valence-corrected chi connectivity index (χ0v) is 15.6. The number of hydrogen-bond acceptors (Lipinski definition) is 5. The van der Waals surface area contributed by atoms with Gasteiger partial charge < -0.3 is 10.1 Å². The molecule has 0 saturated heterocycles. The first-order valence-corrected chi connectivity index (χ1v) is 8.66.